The predicted molar refractivity (Wildman–Crippen MR) is 120 cm³/mol. The second kappa shape index (κ2) is 9.50. The molecule has 0 aliphatic rings. The standard InChI is InChI=1S/C18H14BrCl3N4OS/c1-2-26-17(12-5-3-10(20)7-15(12)22)24-25-18(26)28-9-16(27)23-11-4-6-14(21)13(19)8-11/h3-8H,2,9H2,1H3,(H,23,27). The van der Waals surface area contributed by atoms with Crippen LogP contribution < -0.4 is 5.32 Å². The van der Waals surface area contributed by atoms with Crippen LogP contribution in [-0.2, 0) is 11.3 Å². The first kappa shape index (κ1) is 21.5. The Morgan fingerprint density at radius 1 is 1.14 bits per heavy atom. The number of anilines is 1. The van der Waals surface area contributed by atoms with Crippen molar-refractivity contribution < 1.29 is 4.79 Å². The second-order valence-corrected chi connectivity index (χ2v) is 8.69. The number of thioether (sulfide) groups is 1. The molecule has 28 heavy (non-hydrogen) atoms. The van der Waals surface area contributed by atoms with E-state index in [9.17, 15) is 4.79 Å². The van der Waals surface area contributed by atoms with E-state index in [0.29, 0.717) is 38.3 Å². The average Bonchev–Trinajstić information content (AvgIpc) is 3.05. The minimum Gasteiger partial charge on any atom is -0.325 e. The van der Waals surface area contributed by atoms with Gasteiger partial charge in [-0.05, 0) is 59.3 Å². The highest BCUT2D eigenvalue weighted by Crippen LogP contribution is 2.31. The number of nitrogens with one attached hydrogen (secondary N) is 1. The van der Waals surface area contributed by atoms with Gasteiger partial charge in [-0.25, -0.2) is 0 Å². The van der Waals surface area contributed by atoms with E-state index in [2.05, 4.69) is 31.4 Å². The molecule has 1 amide bonds. The number of hydrogen-bond donors (Lipinski definition) is 1. The molecule has 0 radical (unpaired) electrons. The van der Waals surface area contributed by atoms with Crippen LogP contribution in [0.5, 0.6) is 0 Å². The molecule has 1 heterocycles. The molecule has 0 aliphatic carbocycles. The van der Waals surface area contributed by atoms with Crippen LogP contribution in [0.25, 0.3) is 11.4 Å². The normalized spacial score (nSPS) is 10.9. The molecule has 0 spiro atoms. The summed E-state index contributed by atoms with van der Waals surface area (Å²) in [5, 5.41) is 13.5. The van der Waals surface area contributed by atoms with E-state index in [1.165, 1.54) is 11.8 Å². The van der Waals surface area contributed by atoms with Crippen LogP contribution in [0.4, 0.5) is 5.69 Å². The summed E-state index contributed by atoms with van der Waals surface area (Å²) in [4.78, 5) is 12.3. The Labute approximate surface area is 189 Å². The highest BCUT2D eigenvalue weighted by atomic mass is 79.9. The molecule has 0 fully saturated rings. The van der Waals surface area contributed by atoms with Crippen LogP contribution in [0.15, 0.2) is 46.0 Å². The maximum absolute atomic E-state index is 12.3. The lowest BCUT2D eigenvalue weighted by molar-refractivity contribution is -0.113. The maximum Gasteiger partial charge on any atom is 0.234 e. The zero-order valence-corrected chi connectivity index (χ0v) is 19.2. The van der Waals surface area contributed by atoms with Gasteiger partial charge in [-0.1, -0.05) is 46.6 Å². The first-order chi connectivity index (χ1) is 13.4. The number of carbonyl (C=O) groups is 1. The van der Waals surface area contributed by atoms with Gasteiger partial charge < -0.3 is 9.88 Å². The fraction of sp³-hybridized carbons (Fsp3) is 0.167. The molecular formula is C18H14BrCl3N4OS. The Kier molecular flexibility index (Phi) is 7.28. The molecule has 1 N–H and O–H groups in total. The van der Waals surface area contributed by atoms with E-state index in [1.54, 1.807) is 36.4 Å². The minimum absolute atomic E-state index is 0.157. The number of carbonyl (C=O) groups excluding carboxylic acids is 1. The number of halogens is 4. The fourth-order valence-electron chi connectivity index (χ4n) is 2.45. The molecule has 5 nitrogen and oxygen atoms in total. The molecule has 146 valence electrons. The quantitative estimate of drug-likeness (QED) is 0.381. The molecule has 3 aromatic rings. The minimum atomic E-state index is -0.157. The first-order valence-corrected chi connectivity index (χ1v) is 11.1. The molecule has 0 bridgehead atoms. The maximum atomic E-state index is 12.3. The zero-order chi connectivity index (χ0) is 20.3. The molecule has 10 heteroatoms. The fourth-order valence-corrected chi connectivity index (χ4v) is 4.24. The molecule has 0 unspecified atom stereocenters. The SMILES string of the molecule is CCn1c(SCC(=O)Nc2ccc(Cl)c(Br)c2)nnc1-c1ccc(Cl)cc1Cl. The van der Waals surface area contributed by atoms with Crippen LogP contribution in [0, 0.1) is 0 Å². The van der Waals surface area contributed by atoms with Crippen LogP contribution in [0.1, 0.15) is 6.92 Å². The van der Waals surface area contributed by atoms with Gasteiger partial charge in [0.15, 0.2) is 11.0 Å². The van der Waals surface area contributed by atoms with E-state index in [-0.39, 0.29) is 11.7 Å². The third-order valence-corrected chi connectivity index (χ3v) is 6.47. The van der Waals surface area contributed by atoms with Crippen molar-refractivity contribution in [2.45, 2.75) is 18.6 Å². The molecule has 0 atom stereocenters. The highest BCUT2D eigenvalue weighted by Gasteiger charge is 2.17. The number of rotatable bonds is 6. The van der Waals surface area contributed by atoms with Gasteiger partial charge in [0.05, 0.1) is 15.8 Å². The number of hydrogen-bond acceptors (Lipinski definition) is 4. The van der Waals surface area contributed by atoms with Crippen LogP contribution in [0.3, 0.4) is 0 Å². The first-order valence-electron chi connectivity index (χ1n) is 8.15. The molecule has 0 saturated heterocycles. The van der Waals surface area contributed by atoms with Crippen molar-refractivity contribution in [3.63, 3.8) is 0 Å². The van der Waals surface area contributed by atoms with Crippen LogP contribution in [0.2, 0.25) is 15.1 Å². The molecule has 2 aromatic carbocycles. The van der Waals surface area contributed by atoms with Crippen molar-refractivity contribution in [3.05, 3.63) is 55.9 Å². The third-order valence-electron chi connectivity index (χ3n) is 3.74. The molecule has 0 saturated carbocycles. The van der Waals surface area contributed by atoms with Crippen molar-refractivity contribution in [2.75, 3.05) is 11.1 Å². The summed E-state index contributed by atoms with van der Waals surface area (Å²) in [6, 6.07) is 10.4. The van der Waals surface area contributed by atoms with E-state index >= 15 is 0 Å². The summed E-state index contributed by atoms with van der Waals surface area (Å²) >= 11 is 22.9. The monoisotopic (exact) mass is 518 g/mol. The largest absolute Gasteiger partial charge is 0.325 e. The predicted octanol–water partition coefficient (Wildman–Crippen LogP) is 6.42. The van der Waals surface area contributed by atoms with Gasteiger partial charge in [0.25, 0.3) is 0 Å². The van der Waals surface area contributed by atoms with Crippen molar-refractivity contribution in [1.29, 1.82) is 0 Å². The van der Waals surface area contributed by atoms with Gasteiger partial charge in [-0.15, -0.1) is 10.2 Å². The topological polar surface area (TPSA) is 59.8 Å². The number of amides is 1. The molecular weight excluding hydrogens is 507 g/mol. The lowest BCUT2D eigenvalue weighted by Gasteiger charge is -2.09. The third kappa shape index (κ3) is 5.02. The Morgan fingerprint density at radius 3 is 2.61 bits per heavy atom. The zero-order valence-electron chi connectivity index (χ0n) is 14.5. The van der Waals surface area contributed by atoms with Gasteiger partial charge in [-0.3, -0.25) is 4.79 Å². The smallest absolute Gasteiger partial charge is 0.234 e. The Balaban J connectivity index is 1.71. The summed E-state index contributed by atoms with van der Waals surface area (Å²) < 4.78 is 2.63. The molecule has 3 rings (SSSR count). The summed E-state index contributed by atoms with van der Waals surface area (Å²) in [6.07, 6.45) is 0. The van der Waals surface area contributed by atoms with Crippen molar-refractivity contribution in [1.82, 2.24) is 14.8 Å². The van der Waals surface area contributed by atoms with Gasteiger partial charge in [0, 0.05) is 27.3 Å². The molecule has 1 aromatic heterocycles. The number of aromatic nitrogens is 3. The summed E-state index contributed by atoms with van der Waals surface area (Å²) in [5.74, 6) is 0.664. The van der Waals surface area contributed by atoms with Gasteiger partial charge in [0.2, 0.25) is 5.91 Å². The summed E-state index contributed by atoms with van der Waals surface area (Å²) in [6.45, 7) is 2.61. The highest BCUT2D eigenvalue weighted by molar-refractivity contribution is 9.10. The van der Waals surface area contributed by atoms with Gasteiger partial charge in [0.1, 0.15) is 0 Å². The molecule has 0 aliphatic heterocycles. The van der Waals surface area contributed by atoms with E-state index in [0.717, 1.165) is 10.0 Å². The van der Waals surface area contributed by atoms with Gasteiger partial charge >= 0.3 is 0 Å². The Bertz CT molecular complexity index is 1030. The van der Waals surface area contributed by atoms with Crippen LogP contribution >= 0.6 is 62.5 Å². The summed E-state index contributed by atoms with van der Waals surface area (Å²) in [7, 11) is 0. The number of nitrogens with zero attached hydrogens (tertiary/aromatic N) is 3. The summed E-state index contributed by atoms with van der Waals surface area (Å²) in [5.41, 5.74) is 1.40. The Morgan fingerprint density at radius 2 is 1.93 bits per heavy atom. The lowest BCUT2D eigenvalue weighted by atomic mass is 10.2. The lowest BCUT2D eigenvalue weighted by Crippen LogP contribution is -2.14. The van der Waals surface area contributed by atoms with Crippen molar-refractivity contribution in [3.8, 4) is 11.4 Å². The van der Waals surface area contributed by atoms with Gasteiger partial charge in [-0.2, -0.15) is 0 Å². The number of benzene rings is 2. The van der Waals surface area contributed by atoms with Crippen molar-refractivity contribution in [2.24, 2.45) is 0 Å². The average molecular weight is 521 g/mol. The van der Waals surface area contributed by atoms with E-state index < -0.39 is 0 Å². The van der Waals surface area contributed by atoms with Crippen LogP contribution in [-0.4, -0.2) is 26.4 Å². The van der Waals surface area contributed by atoms with E-state index in [1.807, 2.05) is 11.5 Å². The van der Waals surface area contributed by atoms with E-state index in [4.69, 9.17) is 34.8 Å². The second-order valence-electron chi connectivity index (χ2n) is 5.64. The van der Waals surface area contributed by atoms with Crippen molar-refractivity contribution >= 4 is 74.1 Å². The Hall–Kier alpha value is -1.25.